The molecule has 0 radical (unpaired) electrons. The molecule has 90 valence electrons. The summed E-state index contributed by atoms with van der Waals surface area (Å²) in [6, 6.07) is 1.55. The third kappa shape index (κ3) is 3.54. The van der Waals surface area contributed by atoms with E-state index >= 15 is 0 Å². The molecule has 0 aliphatic rings. The van der Waals surface area contributed by atoms with Gasteiger partial charge in [0.2, 0.25) is 5.22 Å². The topological polar surface area (TPSA) is 68.3 Å². The first-order chi connectivity index (χ1) is 7.69. The fourth-order valence-corrected chi connectivity index (χ4v) is 1.62. The number of hydrogen-bond acceptors (Lipinski definition) is 3. The average Bonchev–Trinajstić information content (AvgIpc) is 2.70. The van der Waals surface area contributed by atoms with Crippen LogP contribution in [-0.2, 0) is 0 Å². The van der Waals surface area contributed by atoms with Gasteiger partial charge in [0.05, 0.1) is 11.8 Å². The molecule has 0 saturated carbocycles. The van der Waals surface area contributed by atoms with E-state index in [4.69, 9.17) is 21.8 Å². The molecule has 5 heteroatoms. The monoisotopic (exact) mass is 244 g/mol. The molecule has 1 atom stereocenters. The highest BCUT2D eigenvalue weighted by Crippen LogP contribution is 2.16. The van der Waals surface area contributed by atoms with Crippen LogP contribution >= 0.6 is 11.6 Å². The molecule has 3 N–H and O–H groups in total. The maximum Gasteiger partial charge on any atom is 0.256 e. The molecular weight excluding hydrogens is 228 g/mol. The highest BCUT2D eigenvalue weighted by Gasteiger charge is 2.16. The van der Waals surface area contributed by atoms with Gasteiger partial charge in [0.15, 0.2) is 0 Å². The Morgan fingerprint density at radius 3 is 2.94 bits per heavy atom. The van der Waals surface area contributed by atoms with Crippen molar-refractivity contribution < 1.29 is 9.21 Å². The van der Waals surface area contributed by atoms with Gasteiger partial charge in [-0.05, 0) is 24.1 Å². The van der Waals surface area contributed by atoms with E-state index in [1.54, 1.807) is 6.07 Å². The maximum absolute atomic E-state index is 11.7. The lowest BCUT2D eigenvalue weighted by Gasteiger charge is -2.15. The fourth-order valence-electron chi connectivity index (χ4n) is 1.42. The lowest BCUT2D eigenvalue weighted by Crippen LogP contribution is -2.40. The van der Waals surface area contributed by atoms with Crippen molar-refractivity contribution >= 4 is 17.5 Å². The third-order valence-corrected chi connectivity index (χ3v) is 2.68. The number of nitrogens with one attached hydrogen (secondary N) is 1. The number of furan rings is 1. The Balaban J connectivity index is 2.52. The van der Waals surface area contributed by atoms with Crippen LogP contribution in [0.15, 0.2) is 16.7 Å². The summed E-state index contributed by atoms with van der Waals surface area (Å²) in [4.78, 5) is 11.7. The normalized spacial score (nSPS) is 12.4. The Kier molecular flexibility index (Phi) is 5.35. The van der Waals surface area contributed by atoms with Crippen LogP contribution in [0.5, 0.6) is 0 Å². The second-order valence-corrected chi connectivity index (χ2v) is 4.00. The number of nitrogens with two attached hydrogens (primary N) is 1. The van der Waals surface area contributed by atoms with Crippen LogP contribution in [0.2, 0.25) is 5.22 Å². The summed E-state index contributed by atoms with van der Waals surface area (Å²) in [5, 5.41) is 2.95. The van der Waals surface area contributed by atoms with Crippen molar-refractivity contribution in [2.24, 2.45) is 5.73 Å². The van der Waals surface area contributed by atoms with Crippen molar-refractivity contribution in [3.8, 4) is 0 Å². The summed E-state index contributed by atoms with van der Waals surface area (Å²) in [7, 11) is 0. The van der Waals surface area contributed by atoms with E-state index in [1.165, 1.54) is 6.26 Å². The van der Waals surface area contributed by atoms with Gasteiger partial charge in [-0.15, -0.1) is 0 Å². The molecular formula is C11H17ClN2O2. The van der Waals surface area contributed by atoms with Gasteiger partial charge < -0.3 is 15.5 Å². The summed E-state index contributed by atoms with van der Waals surface area (Å²) < 4.78 is 4.86. The fraction of sp³-hybridized carbons (Fsp3) is 0.545. The molecule has 1 aromatic rings. The first kappa shape index (κ1) is 13.1. The molecule has 0 aliphatic carbocycles. The van der Waals surface area contributed by atoms with Crippen LogP contribution in [0.3, 0.4) is 0 Å². The standard InChI is InChI=1S/C11H17ClN2O2/c1-2-3-4-8(7-13)14-11(15)9-5-6-16-10(9)12/h5-6,8H,2-4,7,13H2,1H3,(H,14,15). The molecule has 0 fully saturated rings. The zero-order chi connectivity index (χ0) is 12.0. The molecule has 1 heterocycles. The predicted octanol–water partition coefficient (Wildman–Crippen LogP) is 2.18. The predicted molar refractivity (Wildman–Crippen MR) is 63.6 cm³/mol. The molecule has 4 nitrogen and oxygen atoms in total. The lowest BCUT2D eigenvalue weighted by atomic mass is 10.1. The number of amides is 1. The Bertz CT molecular complexity index is 338. The van der Waals surface area contributed by atoms with Crippen molar-refractivity contribution in [3.05, 3.63) is 23.1 Å². The van der Waals surface area contributed by atoms with Gasteiger partial charge in [-0.3, -0.25) is 4.79 Å². The van der Waals surface area contributed by atoms with Gasteiger partial charge in [0.1, 0.15) is 0 Å². The van der Waals surface area contributed by atoms with Crippen molar-refractivity contribution in [1.82, 2.24) is 5.32 Å². The number of hydrogen-bond donors (Lipinski definition) is 2. The number of carbonyl (C=O) groups is 1. The molecule has 1 rings (SSSR count). The van der Waals surface area contributed by atoms with Crippen LogP contribution in [-0.4, -0.2) is 18.5 Å². The van der Waals surface area contributed by atoms with Crippen LogP contribution in [0.25, 0.3) is 0 Å². The molecule has 1 aromatic heterocycles. The number of carbonyl (C=O) groups excluding carboxylic acids is 1. The van der Waals surface area contributed by atoms with Crippen LogP contribution < -0.4 is 11.1 Å². The SMILES string of the molecule is CCCCC(CN)NC(=O)c1ccoc1Cl. The van der Waals surface area contributed by atoms with Gasteiger partial charge in [-0.25, -0.2) is 0 Å². The molecule has 0 bridgehead atoms. The average molecular weight is 245 g/mol. The second-order valence-electron chi connectivity index (χ2n) is 3.66. The minimum Gasteiger partial charge on any atom is -0.452 e. The number of rotatable bonds is 6. The molecule has 0 saturated heterocycles. The maximum atomic E-state index is 11.7. The Morgan fingerprint density at radius 1 is 1.69 bits per heavy atom. The van der Waals surface area contributed by atoms with E-state index in [1.807, 2.05) is 0 Å². The summed E-state index contributed by atoms with van der Waals surface area (Å²) in [5.74, 6) is -0.231. The van der Waals surface area contributed by atoms with E-state index in [0.717, 1.165) is 19.3 Å². The first-order valence-corrected chi connectivity index (χ1v) is 5.80. The Morgan fingerprint density at radius 2 is 2.44 bits per heavy atom. The molecule has 0 aromatic carbocycles. The zero-order valence-corrected chi connectivity index (χ0v) is 10.1. The van der Waals surface area contributed by atoms with Crippen LogP contribution in [0, 0.1) is 0 Å². The minimum atomic E-state index is -0.231. The molecule has 16 heavy (non-hydrogen) atoms. The highest BCUT2D eigenvalue weighted by atomic mass is 35.5. The first-order valence-electron chi connectivity index (χ1n) is 5.43. The minimum absolute atomic E-state index is 0.00147. The van der Waals surface area contributed by atoms with Gasteiger partial charge in [0, 0.05) is 12.6 Å². The van der Waals surface area contributed by atoms with E-state index in [9.17, 15) is 4.79 Å². The summed E-state index contributed by atoms with van der Waals surface area (Å²) in [5.41, 5.74) is 5.94. The summed E-state index contributed by atoms with van der Waals surface area (Å²) in [6.07, 6.45) is 4.40. The Hall–Kier alpha value is -1.00. The van der Waals surface area contributed by atoms with Crippen molar-refractivity contribution in [3.63, 3.8) is 0 Å². The van der Waals surface area contributed by atoms with Gasteiger partial charge in [-0.2, -0.15) is 0 Å². The quantitative estimate of drug-likeness (QED) is 0.806. The Labute approximate surface area is 100 Å². The summed E-state index contributed by atoms with van der Waals surface area (Å²) >= 11 is 5.71. The molecule has 0 aliphatic heterocycles. The second kappa shape index (κ2) is 6.55. The van der Waals surface area contributed by atoms with Crippen molar-refractivity contribution in [1.29, 1.82) is 0 Å². The lowest BCUT2D eigenvalue weighted by molar-refractivity contribution is 0.0935. The highest BCUT2D eigenvalue weighted by molar-refractivity contribution is 6.32. The van der Waals surface area contributed by atoms with Gasteiger partial charge in [0.25, 0.3) is 5.91 Å². The summed E-state index contributed by atoms with van der Waals surface area (Å²) in [6.45, 7) is 2.53. The smallest absolute Gasteiger partial charge is 0.256 e. The van der Waals surface area contributed by atoms with E-state index in [0.29, 0.717) is 12.1 Å². The van der Waals surface area contributed by atoms with Crippen molar-refractivity contribution in [2.45, 2.75) is 32.2 Å². The third-order valence-electron chi connectivity index (χ3n) is 2.39. The van der Waals surface area contributed by atoms with E-state index in [2.05, 4.69) is 12.2 Å². The van der Waals surface area contributed by atoms with E-state index in [-0.39, 0.29) is 17.2 Å². The number of unbranched alkanes of at least 4 members (excludes halogenated alkanes) is 1. The number of halogens is 1. The molecule has 0 spiro atoms. The van der Waals surface area contributed by atoms with Gasteiger partial charge in [-0.1, -0.05) is 19.8 Å². The zero-order valence-electron chi connectivity index (χ0n) is 9.33. The van der Waals surface area contributed by atoms with E-state index < -0.39 is 0 Å². The van der Waals surface area contributed by atoms with Gasteiger partial charge >= 0.3 is 0 Å². The molecule has 1 unspecified atom stereocenters. The van der Waals surface area contributed by atoms with Crippen molar-refractivity contribution in [2.75, 3.05) is 6.54 Å². The molecule has 1 amide bonds. The van der Waals surface area contributed by atoms with Crippen LogP contribution in [0.4, 0.5) is 0 Å². The van der Waals surface area contributed by atoms with Crippen LogP contribution in [0.1, 0.15) is 36.5 Å². The largest absolute Gasteiger partial charge is 0.452 e.